The number of piperidine rings is 1. The van der Waals surface area contributed by atoms with Crippen LogP contribution in [0.3, 0.4) is 0 Å². The summed E-state index contributed by atoms with van der Waals surface area (Å²) in [6, 6.07) is 8.91. The molecule has 1 aromatic heterocycles. The van der Waals surface area contributed by atoms with Crippen molar-refractivity contribution < 1.29 is 23.5 Å². The molecule has 0 radical (unpaired) electrons. The molecule has 0 unspecified atom stereocenters. The quantitative estimate of drug-likeness (QED) is 0.650. The fraction of sp³-hybridized carbons (Fsp3) is 0.440. The molecule has 4 rings (SSSR count). The van der Waals surface area contributed by atoms with Crippen LogP contribution in [0.1, 0.15) is 36.8 Å². The van der Waals surface area contributed by atoms with E-state index in [1.807, 2.05) is 4.90 Å². The van der Waals surface area contributed by atoms with Crippen molar-refractivity contribution in [1.29, 1.82) is 5.26 Å². The molecule has 184 valence electrons. The Morgan fingerprint density at radius 3 is 2.63 bits per heavy atom. The van der Waals surface area contributed by atoms with Crippen LogP contribution in [0, 0.1) is 28.9 Å². The maximum atomic E-state index is 14.1. The molecule has 10 heteroatoms. The molecule has 2 fully saturated rings. The van der Waals surface area contributed by atoms with E-state index >= 15 is 0 Å². The molecule has 3 heterocycles. The van der Waals surface area contributed by atoms with Crippen molar-refractivity contribution in [3.63, 3.8) is 0 Å². The Balaban J connectivity index is 1.63. The fourth-order valence-electron chi connectivity index (χ4n) is 5.47. The number of amides is 1. The van der Waals surface area contributed by atoms with Gasteiger partial charge in [-0.1, -0.05) is 6.07 Å². The van der Waals surface area contributed by atoms with Crippen molar-refractivity contribution in [2.75, 3.05) is 37.6 Å². The van der Waals surface area contributed by atoms with Gasteiger partial charge in [0.15, 0.2) is 17.4 Å². The zero-order valence-electron chi connectivity index (χ0n) is 19.4. The molecule has 2 aliphatic heterocycles. The Bertz CT molecular complexity index is 1160. The van der Waals surface area contributed by atoms with Gasteiger partial charge in [-0.15, -0.1) is 0 Å². The highest BCUT2D eigenvalue weighted by Crippen LogP contribution is 2.41. The van der Waals surface area contributed by atoms with Crippen LogP contribution in [0.15, 0.2) is 36.5 Å². The molecule has 1 aromatic carbocycles. The summed E-state index contributed by atoms with van der Waals surface area (Å²) in [6.45, 7) is 3.16. The Morgan fingerprint density at radius 2 is 2.00 bits per heavy atom. The average Bonchev–Trinajstić information content (AvgIpc) is 3.31. The molecule has 2 saturated heterocycles. The number of pyridine rings is 1. The van der Waals surface area contributed by atoms with Gasteiger partial charge < -0.3 is 15.3 Å². The molecular weight excluding hydrogens is 456 g/mol. The van der Waals surface area contributed by atoms with E-state index in [4.69, 9.17) is 5.26 Å². The molecule has 0 aliphatic carbocycles. The van der Waals surface area contributed by atoms with E-state index in [9.17, 15) is 23.5 Å². The Labute approximate surface area is 202 Å². The smallest absolute Gasteiger partial charge is 0.408 e. The maximum Gasteiger partial charge on any atom is 0.408 e. The lowest BCUT2D eigenvalue weighted by Crippen LogP contribution is -2.63. The van der Waals surface area contributed by atoms with Gasteiger partial charge in [-0.05, 0) is 49.6 Å². The summed E-state index contributed by atoms with van der Waals surface area (Å²) in [5, 5.41) is 22.3. The summed E-state index contributed by atoms with van der Waals surface area (Å²) in [4.78, 5) is 33.9. The molecule has 2 aromatic rings. The molecule has 0 saturated carbocycles. The zero-order valence-corrected chi connectivity index (χ0v) is 19.4. The molecule has 35 heavy (non-hydrogen) atoms. The molecule has 2 N–H and O–H groups in total. The Hall–Kier alpha value is -3.58. The van der Waals surface area contributed by atoms with Gasteiger partial charge in [0.1, 0.15) is 11.4 Å². The van der Waals surface area contributed by atoms with Crippen molar-refractivity contribution >= 4 is 17.7 Å². The van der Waals surface area contributed by atoms with E-state index in [0.29, 0.717) is 42.9 Å². The van der Waals surface area contributed by atoms with Gasteiger partial charge in [0.25, 0.3) is 0 Å². The average molecular weight is 484 g/mol. The van der Waals surface area contributed by atoms with Crippen molar-refractivity contribution in [3.8, 4) is 6.07 Å². The van der Waals surface area contributed by atoms with Gasteiger partial charge in [0.2, 0.25) is 0 Å². The number of anilines is 1. The summed E-state index contributed by atoms with van der Waals surface area (Å²) in [6.07, 6.45) is 1.32. The predicted molar refractivity (Wildman–Crippen MR) is 124 cm³/mol. The third-order valence-electron chi connectivity index (χ3n) is 7.19. The first-order chi connectivity index (χ1) is 16.8. The first-order valence-corrected chi connectivity index (χ1v) is 11.6. The monoisotopic (exact) mass is 483 g/mol. The standard InChI is InChI=1S/C25H27F2N5O3/c1-2-32(24(34)35)25(15-29-14-19(25)18-3-4-20(26)21(27)12-18)23(33)17-6-9-31(10-7-17)22-11-16(13-28)5-8-30-22/h3-5,8,11-12,17,19,29H,2,6-7,9-10,14-15H2,1H3,(H,34,35)/t19-,25+/m0/s1. The van der Waals surface area contributed by atoms with Crippen LogP contribution < -0.4 is 10.2 Å². The molecule has 0 spiro atoms. The molecule has 0 bridgehead atoms. The van der Waals surface area contributed by atoms with Crippen LogP contribution in [0.25, 0.3) is 0 Å². The number of aromatic nitrogens is 1. The largest absolute Gasteiger partial charge is 0.465 e. The number of likely N-dealkylation sites (N-methyl/N-ethyl adjacent to an activating group) is 1. The fourth-order valence-corrected chi connectivity index (χ4v) is 5.47. The van der Waals surface area contributed by atoms with Crippen molar-refractivity contribution in [2.45, 2.75) is 31.2 Å². The number of nitrogens with zero attached hydrogens (tertiary/aromatic N) is 4. The third kappa shape index (κ3) is 4.44. The minimum Gasteiger partial charge on any atom is -0.465 e. The number of carbonyl (C=O) groups excluding carboxylic acids is 1. The van der Waals surface area contributed by atoms with E-state index in [1.54, 1.807) is 25.3 Å². The summed E-state index contributed by atoms with van der Waals surface area (Å²) >= 11 is 0. The van der Waals surface area contributed by atoms with Gasteiger partial charge in [-0.3, -0.25) is 9.69 Å². The zero-order chi connectivity index (χ0) is 25.2. The van der Waals surface area contributed by atoms with Crippen LogP contribution in [0.4, 0.5) is 19.4 Å². The lowest BCUT2D eigenvalue weighted by Gasteiger charge is -2.45. The number of carboxylic acid groups (broad SMARTS) is 1. The number of rotatable bonds is 6. The van der Waals surface area contributed by atoms with Crippen LogP contribution >= 0.6 is 0 Å². The van der Waals surface area contributed by atoms with E-state index in [1.165, 1.54) is 6.07 Å². The van der Waals surface area contributed by atoms with Crippen molar-refractivity contribution in [1.82, 2.24) is 15.2 Å². The molecule has 1 amide bonds. The first-order valence-electron chi connectivity index (χ1n) is 11.6. The number of nitriles is 1. The second-order valence-electron chi connectivity index (χ2n) is 8.95. The molecule has 2 aliphatic rings. The highest BCUT2D eigenvalue weighted by molar-refractivity contribution is 5.95. The van der Waals surface area contributed by atoms with Gasteiger partial charge in [0.05, 0.1) is 11.6 Å². The lowest BCUT2D eigenvalue weighted by atomic mass is 9.71. The highest BCUT2D eigenvalue weighted by Gasteiger charge is 2.56. The molecule has 8 nitrogen and oxygen atoms in total. The highest BCUT2D eigenvalue weighted by atomic mass is 19.2. The van der Waals surface area contributed by atoms with E-state index in [2.05, 4.69) is 16.4 Å². The Morgan fingerprint density at radius 1 is 1.26 bits per heavy atom. The number of hydrogen-bond donors (Lipinski definition) is 2. The van der Waals surface area contributed by atoms with Gasteiger partial charge in [0, 0.05) is 50.8 Å². The number of benzene rings is 1. The SMILES string of the molecule is CCN(C(=O)O)[C@]1(C(=O)C2CCN(c3cc(C#N)ccn3)CC2)CNC[C@H]1c1ccc(F)c(F)c1. The van der Waals surface area contributed by atoms with Crippen LogP contribution in [0.5, 0.6) is 0 Å². The van der Waals surface area contributed by atoms with E-state index in [0.717, 1.165) is 17.0 Å². The number of hydrogen-bond acceptors (Lipinski definition) is 6. The predicted octanol–water partition coefficient (Wildman–Crippen LogP) is 3.14. The van der Waals surface area contributed by atoms with Crippen LogP contribution in [-0.2, 0) is 4.79 Å². The van der Waals surface area contributed by atoms with E-state index in [-0.39, 0.29) is 25.4 Å². The molecule has 2 atom stereocenters. The minimum atomic E-state index is -1.43. The molecular formula is C25H27F2N5O3. The summed E-state index contributed by atoms with van der Waals surface area (Å²) in [7, 11) is 0. The maximum absolute atomic E-state index is 14.1. The summed E-state index contributed by atoms with van der Waals surface area (Å²) < 4.78 is 27.7. The summed E-state index contributed by atoms with van der Waals surface area (Å²) in [5.41, 5.74) is -0.549. The number of carbonyl (C=O) groups is 2. The van der Waals surface area contributed by atoms with Crippen LogP contribution in [0.2, 0.25) is 0 Å². The van der Waals surface area contributed by atoms with Gasteiger partial charge in [-0.2, -0.15) is 5.26 Å². The minimum absolute atomic E-state index is 0.0760. The summed E-state index contributed by atoms with van der Waals surface area (Å²) in [5.74, 6) is -2.65. The number of Topliss-reactive ketones (excluding diaryl/α,β-unsaturated/α-hetero) is 1. The normalized spacial score (nSPS) is 22.6. The van der Waals surface area contributed by atoms with E-state index < -0.39 is 35.1 Å². The number of nitrogens with one attached hydrogen (secondary N) is 1. The van der Waals surface area contributed by atoms with Crippen molar-refractivity contribution in [3.05, 3.63) is 59.3 Å². The third-order valence-corrected chi connectivity index (χ3v) is 7.19. The number of ketones is 1. The van der Waals surface area contributed by atoms with Crippen molar-refractivity contribution in [2.24, 2.45) is 5.92 Å². The van der Waals surface area contributed by atoms with Gasteiger partial charge in [-0.25, -0.2) is 18.6 Å². The number of halogens is 2. The lowest BCUT2D eigenvalue weighted by molar-refractivity contribution is -0.135. The Kier molecular flexibility index (Phi) is 6.98. The topological polar surface area (TPSA) is 110 Å². The first kappa shape index (κ1) is 24.5. The second-order valence-corrected chi connectivity index (χ2v) is 8.95. The van der Waals surface area contributed by atoms with Crippen LogP contribution in [-0.4, -0.2) is 65.1 Å². The second kappa shape index (κ2) is 9.96. The van der Waals surface area contributed by atoms with Gasteiger partial charge >= 0.3 is 6.09 Å².